The molecule has 0 unspecified atom stereocenters. The molecule has 0 aromatic heterocycles. The fourth-order valence-electron chi connectivity index (χ4n) is 0. The maximum Gasteiger partial charge on any atom is 1.00 e. The van der Waals surface area contributed by atoms with E-state index in [1.807, 2.05) is 0 Å². The molecule has 0 saturated carbocycles. The molecule has 10 heavy (non-hydrogen) atoms. The summed E-state index contributed by atoms with van der Waals surface area (Å²) in [4.78, 5) is 0. The zero-order valence-electron chi connectivity index (χ0n) is 6.04. The first-order valence-electron chi connectivity index (χ1n) is 1.47. The van der Waals surface area contributed by atoms with Gasteiger partial charge < -0.3 is 16.5 Å². The minimum atomic E-state index is -4.67. The van der Waals surface area contributed by atoms with Gasteiger partial charge in [0.2, 0.25) is 0 Å². The van der Waals surface area contributed by atoms with Crippen LogP contribution >= 0.6 is 0 Å². The largest absolute Gasteiger partial charge is 1.00 e. The third-order valence-corrected chi connectivity index (χ3v) is 0. The summed E-state index contributed by atoms with van der Waals surface area (Å²) < 4.78 is 31.6. The SMILES string of the molecule is O=S(=O)(O)O.OB(O)O.[H-].[K+]. The molecule has 58 valence electrons. The van der Waals surface area contributed by atoms with Crippen LogP contribution in [0.5, 0.6) is 0 Å². The van der Waals surface area contributed by atoms with E-state index in [2.05, 4.69) is 0 Å². The van der Waals surface area contributed by atoms with Crippen molar-refractivity contribution >= 4 is 17.7 Å². The average molecular weight is 200 g/mol. The molecule has 0 saturated heterocycles. The fraction of sp³-hybridized carbons (Fsp3) is 0. The summed E-state index contributed by atoms with van der Waals surface area (Å²) in [6, 6.07) is 0. The van der Waals surface area contributed by atoms with E-state index in [9.17, 15) is 0 Å². The van der Waals surface area contributed by atoms with Crippen molar-refractivity contribution in [3.8, 4) is 0 Å². The quantitative estimate of drug-likeness (QED) is 0.194. The van der Waals surface area contributed by atoms with Crippen molar-refractivity contribution in [1.82, 2.24) is 0 Å². The summed E-state index contributed by atoms with van der Waals surface area (Å²) in [5.74, 6) is 0. The molecule has 0 radical (unpaired) electrons. The van der Waals surface area contributed by atoms with E-state index in [4.69, 9.17) is 32.6 Å². The molecule has 0 amide bonds. The van der Waals surface area contributed by atoms with Crippen LogP contribution in [0.15, 0.2) is 0 Å². The summed E-state index contributed by atoms with van der Waals surface area (Å²) in [6.45, 7) is 0. The van der Waals surface area contributed by atoms with Crippen molar-refractivity contribution in [3.05, 3.63) is 0 Å². The molecular weight excluding hydrogens is 194 g/mol. The van der Waals surface area contributed by atoms with Gasteiger partial charge in [-0.2, -0.15) is 8.42 Å². The maximum absolute atomic E-state index is 8.74. The van der Waals surface area contributed by atoms with Crippen LogP contribution in [0.1, 0.15) is 1.43 Å². The summed E-state index contributed by atoms with van der Waals surface area (Å²) in [6.07, 6.45) is 0. The third kappa shape index (κ3) is 320. The Hall–Kier alpha value is 1.45. The summed E-state index contributed by atoms with van der Waals surface area (Å²) in [7, 11) is -6.83. The van der Waals surface area contributed by atoms with Gasteiger partial charge in [-0.1, -0.05) is 0 Å². The van der Waals surface area contributed by atoms with Crippen LogP contribution in [0.25, 0.3) is 0 Å². The van der Waals surface area contributed by atoms with Crippen LogP contribution in [0.2, 0.25) is 0 Å². The molecule has 0 fully saturated rings. The molecule has 0 aromatic rings. The van der Waals surface area contributed by atoms with Crippen LogP contribution in [0.3, 0.4) is 0 Å². The van der Waals surface area contributed by atoms with E-state index in [0.29, 0.717) is 0 Å². The zero-order valence-corrected chi connectivity index (χ0v) is 8.98. The Kier molecular flexibility index (Phi) is 15.0. The number of rotatable bonds is 0. The summed E-state index contributed by atoms with van der Waals surface area (Å²) >= 11 is 0. The van der Waals surface area contributed by atoms with Crippen molar-refractivity contribution in [1.29, 1.82) is 0 Å². The fourth-order valence-corrected chi connectivity index (χ4v) is 0. The molecule has 0 heterocycles. The van der Waals surface area contributed by atoms with Crippen LogP contribution in [0, 0.1) is 0 Å². The third-order valence-electron chi connectivity index (χ3n) is 0. The van der Waals surface area contributed by atoms with Crippen LogP contribution in [-0.2, 0) is 10.4 Å². The molecule has 0 aliphatic heterocycles. The predicted molar refractivity (Wildman–Crippen MR) is 27.7 cm³/mol. The van der Waals surface area contributed by atoms with Crippen molar-refractivity contribution in [2.75, 3.05) is 0 Å². The minimum Gasteiger partial charge on any atom is -1.00 e. The molecule has 0 aliphatic carbocycles. The van der Waals surface area contributed by atoms with Gasteiger partial charge in [-0.3, -0.25) is 9.11 Å². The second-order valence-corrected chi connectivity index (χ2v) is 1.69. The van der Waals surface area contributed by atoms with Gasteiger partial charge in [-0.05, 0) is 0 Å². The Labute approximate surface area is 102 Å². The van der Waals surface area contributed by atoms with E-state index in [-0.39, 0.29) is 52.8 Å². The molecule has 0 bridgehead atoms. The molecule has 5 N–H and O–H groups in total. The molecule has 7 nitrogen and oxygen atoms in total. The van der Waals surface area contributed by atoms with Gasteiger partial charge in [0.15, 0.2) is 0 Å². The van der Waals surface area contributed by atoms with E-state index in [1.54, 1.807) is 0 Å². The Balaban J connectivity index is -0.0000000383. The molecule has 0 spiro atoms. The molecule has 0 aliphatic rings. The Morgan fingerprint density at radius 1 is 1.10 bits per heavy atom. The first-order valence-corrected chi connectivity index (χ1v) is 2.87. The Bertz CT molecular complexity index is 130. The number of hydrogen-bond acceptors (Lipinski definition) is 5. The van der Waals surface area contributed by atoms with Gasteiger partial charge in [-0.15, -0.1) is 0 Å². The maximum atomic E-state index is 8.74. The normalized spacial score (nSPS) is 8.50. The average Bonchev–Trinajstić information content (AvgIpc) is 1.19. The van der Waals surface area contributed by atoms with Crippen molar-refractivity contribution in [2.45, 2.75) is 0 Å². The minimum absolute atomic E-state index is 0. The van der Waals surface area contributed by atoms with E-state index in [1.165, 1.54) is 0 Å². The van der Waals surface area contributed by atoms with Crippen molar-refractivity contribution in [3.63, 3.8) is 0 Å². The Morgan fingerprint density at radius 3 is 1.10 bits per heavy atom. The first-order chi connectivity index (χ1) is 3.73. The van der Waals surface area contributed by atoms with Crippen LogP contribution in [-0.4, -0.2) is 39.9 Å². The van der Waals surface area contributed by atoms with Gasteiger partial charge in [-0.25, -0.2) is 0 Å². The molecular formula is H6BKO7S. The van der Waals surface area contributed by atoms with Gasteiger partial charge in [0.25, 0.3) is 0 Å². The molecule has 0 atom stereocenters. The van der Waals surface area contributed by atoms with Gasteiger partial charge in [0.05, 0.1) is 0 Å². The standard InChI is InChI=1S/BH3O3.K.H2O4S.H/c2-1(3)4;;1-5(2,3)4;/h2-4H;;(H2,1,2,3,4);/q;+1;;-1. The van der Waals surface area contributed by atoms with Gasteiger partial charge in [0.1, 0.15) is 0 Å². The zero-order chi connectivity index (χ0) is 8.08. The van der Waals surface area contributed by atoms with Gasteiger partial charge >= 0.3 is 69.1 Å². The van der Waals surface area contributed by atoms with Crippen molar-refractivity contribution in [2.24, 2.45) is 0 Å². The predicted octanol–water partition coefficient (Wildman–Crippen LogP) is -5.59. The monoisotopic (exact) mass is 200 g/mol. The first kappa shape index (κ1) is 17.5. The van der Waals surface area contributed by atoms with E-state index < -0.39 is 17.7 Å². The van der Waals surface area contributed by atoms with Crippen LogP contribution in [0.4, 0.5) is 0 Å². The smallest absolute Gasteiger partial charge is 1.00 e. The van der Waals surface area contributed by atoms with Crippen molar-refractivity contribution < 1.29 is 85.4 Å². The number of hydrogen-bond donors (Lipinski definition) is 5. The second kappa shape index (κ2) is 8.55. The topological polar surface area (TPSA) is 135 Å². The molecule has 0 rings (SSSR count). The van der Waals surface area contributed by atoms with Crippen LogP contribution < -0.4 is 51.4 Å². The summed E-state index contributed by atoms with van der Waals surface area (Å²) in [5.41, 5.74) is 0. The van der Waals surface area contributed by atoms with E-state index >= 15 is 0 Å². The summed E-state index contributed by atoms with van der Waals surface area (Å²) in [5, 5.41) is 21.5. The second-order valence-electron chi connectivity index (χ2n) is 0.794. The van der Waals surface area contributed by atoms with Gasteiger partial charge in [0, 0.05) is 0 Å². The molecule has 10 heteroatoms. The van der Waals surface area contributed by atoms with E-state index in [0.717, 1.165) is 0 Å². The Morgan fingerprint density at radius 2 is 1.10 bits per heavy atom. The molecule has 0 aromatic carbocycles.